The second-order valence-electron chi connectivity index (χ2n) is 13.4. The van der Waals surface area contributed by atoms with Gasteiger partial charge in [-0.15, -0.1) is 0 Å². The van der Waals surface area contributed by atoms with Crippen LogP contribution in [0.15, 0.2) is 103 Å². The summed E-state index contributed by atoms with van der Waals surface area (Å²) < 4.78 is 13.7. The molecule has 4 heterocycles. The van der Waals surface area contributed by atoms with E-state index in [1.54, 1.807) is 28.3 Å². The van der Waals surface area contributed by atoms with Crippen molar-refractivity contribution in [1.29, 1.82) is 0 Å². The van der Waals surface area contributed by atoms with Crippen molar-refractivity contribution in [3.8, 4) is 0 Å². The van der Waals surface area contributed by atoms with Crippen LogP contribution in [0.25, 0.3) is 0 Å². The number of hydrogen-bond acceptors (Lipinski definition) is 6. The van der Waals surface area contributed by atoms with Crippen molar-refractivity contribution in [2.45, 2.75) is 64.1 Å². The van der Waals surface area contributed by atoms with Gasteiger partial charge in [0, 0.05) is 31.7 Å². The van der Waals surface area contributed by atoms with Crippen molar-refractivity contribution in [3.63, 3.8) is 0 Å². The molecule has 3 aromatic rings. The van der Waals surface area contributed by atoms with Crippen LogP contribution < -0.4 is 10.2 Å². The number of halogens is 1. The van der Waals surface area contributed by atoms with E-state index in [1.807, 2.05) is 67.4 Å². The first-order chi connectivity index (χ1) is 23.2. The number of ketones is 1. The van der Waals surface area contributed by atoms with E-state index in [9.17, 15) is 18.8 Å². The number of anilines is 2. The molecule has 246 valence electrons. The summed E-state index contributed by atoms with van der Waals surface area (Å²) in [6.45, 7) is 1.91. The van der Waals surface area contributed by atoms with Crippen LogP contribution in [0, 0.1) is 18.8 Å². The van der Waals surface area contributed by atoms with Gasteiger partial charge in [0.25, 0.3) is 5.91 Å². The zero-order valence-electron chi connectivity index (χ0n) is 27.3. The molecule has 2 unspecified atom stereocenters. The standard InChI is InChI=1S/C39H40FN5O3/c1-25-20-33-36(46)32(39(48)45(37(33)41-22-25)31-16-10-28(11-17-31)21-27-6-4-3-5-7-27)18-12-26-8-14-30(15-9-26)42-38(47)34-24-44-23-29(40)13-19-35(44)43(34)2/h3-7,10-11,13,16-17,19-20,22-24,26,30,32,35H,8-9,12,14-15,18,21H2,1-2H3,(H,42,47). The molecule has 0 bridgehead atoms. The molecule has 9 heteroatoms. The van der Waals surface area contributed by atoms with Crippen molar-refractivity contribution in [2.24, 2.45) is 11.8 Å². The third-order valence-corrected chi connectivity index (χ3v) is 10.1. The van der Waals surface area contributed by atoms with Gasteiger partial charge in [-0.3, -0.25) is 19.3 Å². The lowest BCUT2D eigenvalue weighted by Crippen LogP contribution is -2.43. The minimum absolute atomic E-state index is 0.0442. The Balaban J connectivity index is 0.983. The summed E-state index contributed by atoms with van der Waals surface area (Å²) in [6, 6.07) is 20.1. The second-order valence-corrected chi connectivity index (χ2v) is 13.4. The summed E-state index contributed by atoms with van der Waals surface area (Å²) >= 11 is 0. The summed E-state index contributed by atoms with van der Waals surface area (Å²) in [7, 11) is 1.83. The lowest BCUT2D eigenvalue weighted by atomic mass is 9.79. The predicted octanol–water partition coefficient (Wildman–Crippen LogP) is 6.71. The molecule has 1 aliphatic carbocycles. The molecule has 8 nitrogen and oxygen atoms in total. The van der Waals surface area contributed by atoms with Crippen LogP contribution in [-0.4, -0.2) is 51.6 Å². The van der Waals surface area contributed by atoms with Gasteiger partial charge in [0.05, 0.1) is 11.3 Å². The van der Waals surface area contributed by atoms with Gasteiger partial charge in [-0.1, -0.05) is 42.5 Å². The summed E-state index contributed by atoms with van der Waals surface area (Å²) in [5.41, 5.74) is 4.94. The monoisotopic (exact) mass is 645 g/mol. The number of fused-ring (bicyclic) bond motifs is 2. The first kappa shape index (κ1) is 31.5. The molecule has 0 spiro atoms. The fourth-order valence-electron chi connectivity index (χ4n) is 7.41. The first-order valence-corrected chi connectivity index (χ1v) is 16.8. The second kappa shape index (κ2) is 13.2. The van der Waals surface area contributed by atoms with Gasteiger partial charge in [0.2, 0.25) is 5.91 Å². The van der Waals surface area contributed by atoms with Crippen LogP contribution in [-0.2, 0) is 16.0 Å². The maximum atomic E-state index is 14.0. The number of Topliss-reactive ketones (excluding diaryl/α,β-unsaturated/α-hetero) is 1. The Kier molecular flexibility index (Phi) is 8.69. The molecular weight excluding hydrogens is 605 g/mol. The van der Waals surface area contributed by atoms with E-state index in [-0.39, 0.29) is 35.6 Å². The van der Waals surface area contributed by atoms with Crippen molar-refractivity contribution in [1.82, 2.24) is 20.1 Å². The van der Waals surface area contributed by atoms with Crippen LogP contribution in [0.1, 0.15) is 65.6 Å². The maximum Gasteiger partial charge on any atom is 0.269 e. The number of allylic oxidation sites excluding steroid dienone is 2. The third-order valence-electron chi connectivity index (χ3n) is 10.1. The van der Waals surface area contributed by atoms with Crippen molar-refractivity contribution in [3.05, 3.63) is 125 Å². The maximum absolute atomic E-state index is 14.0. The molecule has 2 atom stereocenters. The van der Waals surface area contributed by atoms with E-state index in [4.69, 9.17) is 0 Å². The molecule has 2 aromatic carbocycles. The van der Waals surface area contributed by atoms with Gasteiger partial charge >= 0.3 is 0 Å². The number of rotatable bonds is 8. The summed E-state index contributed by atoms with van der Waals surface area (Å²) in [5, 5.41) is 3.17. The highest BCUT2D eigenvalue weighted by Crippen LogP contribution is 2.39. The normalized spacial score (nSPS) is 23.4. The molecule has 1 N–H and O–H groups in total. The van der Waals surface area contributed by atoms with Gasteiger partial charge in [0.1, 0.15) is 23.6 Å². The van der Waals surface area contributed by atoms with Gasteiger partial charge in [0.15, 0.2) is 11.6 Å². The molecule has 4 aliphatic rings. The van der Waals surface area contributed by atoms with Crippen LogP contribution in [0.2, 0.25) is 0 Å². The van der Waals surface area contributed by atoms with E-state index >= 15 is 0 Å². The Morgan fingerprint density at radius 3 is 2.44 bits per heavy atom. The quantitative estimate of drug-likeness (QED) is 0.274. The number of hydrogen-bond donors (Lipinski definition) is 1. The highest BCUT2D eigenvalue weighted by Gasteiger charge is 2.41. The Bertz CT molecular complexity index is 1810. The van der Waals surface area contributed by atoms with Gasteiger partial charge in [-0.2, -0.15) is 0 Å². The number of amides is 2. The largest absolute Gasteiger partial charge is 0.348 e. The number of nitrogens with zero attached hydrogens (tertiary/aromatic N) is 4. The number of carbonyl (C=O) groups is 3. The Labute approximate surface area is 280 Å². The zero-order chi connectivity index (χ0) is 33.4. The van der Waals surface area contributed by atoms with Crippen molar-refractivity contribution in [2.75, 3.05) is 11.9 Å². The van der Waals surface area contributed by atoms with Crippen LogP contribution in [0.3, 0.4) is 0 Å². The van der Waals surface area contributed by atoms with Crippen LogP contribution >= 0.6 is 0 Å². The molecule has 7 rings (SSSR count). The van der Waals surface area contributed by atoms with Crippen LogP contribution in [0.5, 0.6) is 0 Å². The molecule has 1 fully saturated rings. The number of carbonyl (C=O) groups excluding carboxylic acids is 3. The molecule has 0 saturated heterocycles. The third kappa shape index (κ3) is 6.29. The fourth-order valence-corrected chi connectivity index (χ4v) is 7.41. The minimum Gasteiger partial charge on any atom is -0.348 e. The minimum atomic E-state index is -0.765. The Morgan fingerprint density at radius 1 is 0.958 bits per heavy atom. The SMILES string of the molecule is Cc1cnc2c(c1)C(=O)C(CCC1CCC(NC(=O)C3=CN4C=C(F)C=CC4N3C)CC1)C(=O)N2c1ccc(Cc2ccccc2)cc1. The Hall–Kier alpha value is -5.05. The average Bonchev–Trinajstić information content (AvgIpc) is 3.42. The molecule has 1 saturated carbocycles. The van der Waals surface area contributed by atoms with Gasteiger partial charge < -0.3 is 15.1 Å². The van der Waals surface area contributed by atoms with E-state index in [0.29, 0.717) is 35.1 Å². The molecule has 1 aromatic heterocycles. The predicted molar refractivity (Wildman–Crippen MR) is 183 cm³/mol. The smallest absolute Gasteiger partial charge is 0.269 e. The van der Waals surface area contributed by atoms with E-state index in [1.165, 1.54) is 17.8 Å². The lowest BCUT2D eigenvalue weighted by Gasteiger charge is -2.34. The highest BCUT2D eigenvalue weighted by atomic mass is 19.1. The van der Waals surface area contributed by atoms with Gasteiger partial charge in [-0.05, 0) is 105 Å². The topological polar surface area (TPSA) is 85.9 Å². The van der Waals surface area contributed by atoms with Gasteiger partial charge in [-0.25, -0.2) is 9.37 Å². The fraction of sp³-hybridized carbons (Fsp3) is 0.333. The number of pyridine rings is 1. The number of aromatic nitrogens is 1. The summed E-state index contributed by atoms with van der Waals surface area (Å²) in [6.07, 6.45) is 13.2. The first-order valence-electron chi connectivity index (χ1n) is 16.8. The summed E-state index contributed by atoms with van der Waals surface area (Å²) in [5.74, 6) is -0.887. The van der Waals surface area contributed by atoms with E-state index in [0.717, 1.165) is 49.7 Å². The average molecular weight is 646 g/mol. The zero-order valence-corrected chi connectivity index (χ0v) is 27.3. The molecule has 2 amide bonds. The number of likely N-dealkylation sites (N-methyl/N-ethyl adjacent to an activating group) is 1. The van der Waals surface area contributed by atoms with Crippen LogP contribution in [0.4, 0.5) is 15.9 Å². The van der Waals surface area contributed by atoms with E-state index < -0.39 is 5.92 Å². The Morgan fingerprint density at radius 2 is 1.69 bits per heavy atom. The lowest BCUT2D eigenvalue weighted by molar-refractivity contribution is -0.121. The molecule has 3 aliphatic heterocycles. The number of nitrogens with one attached hydrogen (secondary N) is 1. The molecule has 0 radical (unpaired) electrons. The highest BCUT2D eigenvalue weighted by molar-refractivity contribution is 6.23. The van der Waals surface area contributed by atoms with Crippen molar-refractivity contribution >= 4 is 29.1 Å². The number of benzene rings is 2. The van der Waals surface area contributed by atoms with E-state index in [2.05, 4.69) is 22.4 Å². The number of aryl methyl sites for hydroxylation is 1. The summed E-state index contributed by atoms with van der Waals surface area (Å²) in [4.78, 5) is 50.7. The van der Waals surface area contributed by atoms with Crippen molar-refractivity contribution < 1.29 is 18.8 Å². The molecular formula is C39H40FN5O3. The molecule has 48 heavy (non-hydrogen) atoms.